The van der Waals surface area contributed by atoms with Crippen LogP contribution in [0.4, 0.5) is 11.4 Å². The molecule has 0 spiro atoms. The molecule has 1 aromatic heterocycles. The Bertz CT molecular complexity index is 973. The van der Waals surface area contributed by atoms with Gasteiger partial charge in [-0.05, 0) is 48.4 Å². The lowest BCUT2D eigenvalue weighted by molar-refractivity contribution is -0.117. The fourth-order valence-electron chi connectivity index (χ4n) is 3.45. The first-order valence-corrected chi connectivity index (χ1v) is 9.38. The first kappa shape index (κ1) is 17.9. The van der Waals surface area contributed by atoms with Gasteiger partial charge in [0.1, 0.15) is 0 Å². The Balaban J connectivity index is 1.66. The summed E-state index contributed by atoms with van der Waals surface area (Å²) in [6.07, 6.45) is 4.90. The van der Waals surface area contributed by atoms with Gasteiger partial charge in [-0.15, -0.1) is 0 Å². The minimum atomic E-state index is -0.108. The number of benzene rings is 2. The maximum Gasteiger partial charge on any atom is 0.258 e. The maximum absolute atomic E-state index is 13.4. The summed E-state index contributed by atoms with van der Waals surface area (Å²) < 4.78 is 0. The number of anilines is 2. The zero-order valence-corrected chi connectivity index (χ0v) is 15.5. The van der Waals surface area contributed by atoms with Crippen molar-refractivity contribution < 1.29 is 9.59 Å². The van der Waals surface area contributed by atoms with Gasteiger partial charge < -0.3 is 9.80 Å². The normalized spacial score (nSPS) is 13.6. The van der Waals surface area contributed by atoms with Crippen molar-refractivity contribution in [2.75, 3.05) is 16.3 Å². The van der Waals surface area contributed by atoms with Crippen LogP contribution in [0, 0.1) is 0 Å². The molecule has 1 aliphatic heterocycles. The van der Waals surface area contributed by atoms with Gasteiger partial charge in [0.25, 0.3) is 5.91 Å². The zero-order valence-electron chi connectivity index (χ0n) is 15.5. The highest BCUT2D eigenvalue weighted by molar-refractivity contribution is 6.07. The molecular weight excluding hydrogens is 350 g/mol. The summed E-state index contributed by atoms with van der Waals surface area (Å²) in [7, 11) is 0. The number of pyridine rings is 1. The molecule has 0 unspecified atom stereocenters. The fourth-order valence-corrected chi connectivity index (χ4v) is 3.45. The summed E-state index contributed by atoms with van der Waals surface area (Å²) in [6, 6.07) is 20.7. The molecule has 3 aromatic rings. The van der Waals surface area contributed by atoms with Crippen molar-refractivity contribution in [1.29, 1.82) is 0 Å². The van der Waals surface area contributed by atoms with E-state index in [1.807, 2.05) is 60.7 Å². The first-order valence-electron chi connectivity index (χ1n) is 9.38. The summed E-state index contributed by atoms with van der Waals surface area (Å²) in [5.74, 6) is 0.00317. The molecule has 1 aliphatic rings. The molecule has 28 heavy (non-hydrogen) atoms. The van der Waals surface area contributed by atoms with Crippen molar-refractivity contribution in [3.8, 4) is 0 Å². The van der Waals surface area contributed by atoms with Gasteiger partial charge in [0, 0.05) is 42.3 Å². The largest absolute Gasteiger partial charge is 0.312 e. The Morgan fingerprint density at radius 1 is 1.04 bits per heavy atom. The first-order chi connectivity index (χ1) is 13.7. The van der Waals surface area contributed by atoms with E-state index in [2.05, 4.69) is 4.98 Å². The smallest absolute Gasteiger partial charge is 0.258 e. The van der Waals surface area contributed by atoms with E-state index >= 15 is 0 Å². The van der Waals surface area contributed by atoms with Crippen LogP contribution in [-0.2, 0) is 11.3 Å². The molecular formula is C23H21N3O2. The van der Waals surface area contributed by atoms with Crippen LogP contribution in [-0.4, -0.2) is 23.3 Å². The lowest BCUT2D eigenvalue weighted by atomic mass is 10.1. The van der Waals surface area contributed by atoms with Crippen LogP contribution in [0.5, 0.6) is 0 Å². The van der Waals surface area contributed by atoms with Crippen LogP contribution in [0.3, 0.4) is 0 Å². The summed E-state index contributed by atoms with van der Waals surface area (Å²) in [5, 5.41) is 0. The van der Waals surface area contributed by atoms with Gasteiger partial charge in [-0.2, -0.15) is 0 Å². The van der Waals surface area contributed by atoms with Gasteiger partial charge in [0.15, 0.2) is 0 Å². The molecule has 0 bridgehead atoms. The lowest BCUT2D eigenvalue weighted by Gasteiger charge is -2.24. The molecule has 5 heteroatoms. The van der Waals surface area contributed by atoms with Crippen LogP contribution in [0.25, 0.3) is 0 Å². The van der Waals surface area contributed by atoms with Crippen LogP contribution in [0.15, 0.2) is 79.1 Å². The Labute approximate surface area is 164 Å². The molecule has 1 fully saturated rings. The topological polar surface area (TPSA) is 53.5 Å². The number of amides is 2. The van der Waals surface area contributed by atoms with E-state index in [1.165, 1.54) is 0 Å². The number of hydrogen-bond donors (Lipinski definition) is 0. The quantitative estimate of drug-likeness (QED) is 0.680. The van der Waals surface area contributed by atoms with Gasteiger partial charge in [-0.25, -0.2) is 0 Å². The van der Waals surface area contributed by atoms with E-state index in [-0.39, 0.29) is 11.8 Å². The second-order valence-corrected chi connectivity index (χ2v) is 6.79. The Kier molecular flexibility index (Phi) is 5.15. The Hall–Kier alpha value is -3.47. The van der Waals surface area contributed by atoms with E-state index < -0.39 is 0 Å². The number of nitrogens with zero attached hydrogens (tertiary/aromatic N) is 3. The van der Waals surface area contributed by atoms with E-state index in [9.17, 15) is 9.59 Å². The van der Waals surface area contributed by atoms with E-state index in [0.29, 0.717) is 25.1 Å². The molecule has 2 aromatic carbocycles. The zero-order chi connectivity index (χ0) is 19.3. The third kappa shape index (κ3) is 3.78. The Morgan fingerprint density at radius 3 is 2.61 bits per heavy atom. The molecule has 0 N–H and O–H groups in total. The highest BCUT2D eigenvalue weighted by Gasteiger charge is 2.24. The second-order valence-electron chi connectivity index (χ2n) is 6.79. The number of rotatable bonds is 5. The molecule has 140 valence electrons. The summed E-state index contributed by atoms with van der Waals surface area (Å²) in [5.41, 5.74) is 3.11. The number of hydrogen-bond acceptors (Lipinski definition) is 3. The molecule has 4 rings (SSSR count). The highest BCUT2D eigenvalue weighted by Crippen LogP contribution is 2.25. The highest BCUT2D eigenvalue weighted by atomic mass is 16.2. The van der Waals surface area contributed by atoms with Crippen LogP contribution >= 0.6 is 0 Å². The van der Waals surface area contributed by atoms with Crippen LogP contribution < -0.4 is 9.80 Å². The average molecular weight is 371 g/mol. The molecule has 2 amide bonds. The molecule has 0 radical (unpaired) electrons. The van der Waals surface area contributed by atoms with Gasteiger partial charge in [0.2, 0.25) is 5.91 Å². The lowest BCUT2D eigenvalue weighted by Crippen LogP contribution is -2.31. The van der Waals surface area contributed by atoms with Crippen molar-refractivity contribution in [2.45, 2.75) is 19.4 Å². The summed E-state index contributed by atoms with van der Waals surface area (Å²) in [4.78, 5) is 33.1. The average Bonchev–Trinajstić information content (AvgIpc) is 3.19. The monoisotopic (exact) mass is 371 g/mol. The molecule has 0 atom stereocenters. The molecule has 0 aliphatic carbocycles. The molecule has 1 saturated heterocycles. The van der Waals surface area contributed by atoms with Crippen molar-refractivity contribution >= 4 is 23.2 Å². The van der Waals surface area contributed by atoms with Crippen LogP contribution in [0.1, 0.15) is 28.8 Å². The standard InChI is InChI=1S/C23H21N3O2/c27-22-12-6-14-25(22)21-11-4-8-19(15-21)23(28)26(20-9-2-1-3-10-20)17-18-7-5-13-24-16-18/h1-5,7-11,13,15-16H,6,12,14,17H2. The van der Waals surface area contributed by atoms with Crippen molar-refractivity contribution in [1.82, 2.24) is 4.98 Å². The van der Waals surface area contributed by atoms with E-state index in [1.54, 1.807) is 28.3 Å². The van der Waals surface area contributed by atoms with Gasteiger partial charge in [-0.3, -0.25) is 14.6 Å². The van der Waals surface area contributed by atoms with E-state index in [0.717, 1.165) is 23.4 Å². The SMILES string of the molecule is O=C1CCCN1c1cccc(C(=O)N(Cc2cccnc2)c2ccccc2)c1. The van der Waals surface area contributed by atoms with Crippen molar-refractivity contribution in [2.24, 2.45) is 0 Å². The third-order valence-electron chi connectivity index (χ3n) is 4.85. The number of carbonyl (C=O) groups is 2. The predicted molar refractivity (Wildman–Crippen MR) is 109 cm³/mol. The van der Waals surface area contributed by atoms with E-state index in [4.69, 9.17) is 0 Å². The third-order valence-corrected chi connectivity index (χ3v) is 4.85. The van der Waals surface area contributed by atoms with Crippen molar-refractivity contribution in [3.05, 3.63) is 90.3 Å². The van der Waals surface area contributed by atoms with Gasteiger partial charge in [0.05, 0.1) is 6.54 Å². The minimum absolute atomic E-state index is 0.108. The molecule has 2 heterocycles. The number of aromatic nitrogens is 1. The minimum Gasteiger partial charge on any atom is -0.312 e. The van der Waals surface area contributed by atoms with Gasteiger partial charge >= 0.3 is 0 Å². The number of para-hydroxylation sites is 1. The Morgan fingerprint density at radius 2 is 1.89 bits per heavy atom. The predicted octanol–water partition coefficient (Wildman–Crippen LogP) is 4.06. The molecule has 0 saturated carbocycles. The fraction of sp³-hybridized carbons (Fsp3) is 0.174. The maximum atomic E-state index is 13.4. The summed E-state index contributed by atoms with van der Waals surface area (Å²) >= 11 is 0. The van der Waals surface area contributed by atoms with Crippen LogP contribution in [0.2, 0.25) is 0 Å². The summed E-state index contributed by atoms with van der Waals surface area (Å²) in [6.45, 7) is 1.12. The number of carbonyl (C=O) groups excluding carboxylic acids is 2. The van der Waals surface area contributed by atoms with Crippen molar-refractivity contribution in [3.63, 3.8) is 0 Å². The second kappa shape index (κ2) is 8.05. The van der Waals surface area contributed by atoms with Gasteiger partial charge in [-0.1, -0.05) is 30.3 Å². The molecule has 5 nitrogen and oxygen atoms in total.